The minimum atomic E-state index is -4.54. The van der Waals surface area contributed by atoms with E-state index in [-0.39, 0.29) is 46.9 Å². The number of hydrogen-bond acceptors (Lipinski definition) is 5. The fourth-order valence-corrected chi connectivity index (χ4v) is 4.84. The normalized spacial score (nSPS) is 20.6. The third kappa shape index (κ3) is 6.74. The van der Waals surface area contributed by atoms with E-state index in [0.29, 0.717) is 12.3 Å². The van der Waals surface area contributed by atoms with Crippen molar-refractivity contribution in [2.45, 2.75) is 78.7 Å². The minimum Gasteiger partial charge on any atom is -0.431 e. The SMILES string of the molecule is CCc1nc(C(=O)NC[C@@H]2CC[C@@H](C)C[C@H]2O)c(Cl)n1-c1ncc(CC(C)(C)C(F)(F)F)cc1OC(F)F. The maximum Gasteiger partial charge on any atom is 0.394 e. The average Bonchev–Trinajstić information content (AvgIpc) is 3.13. The zero-order valence-corrected chi connectivity index (χ0v) is 22.3. The van der Waals surface area contributed by atoms with Crippen LogP contribution in [0.15, 0.2) is 12.3 Å². The van der Waals surface area contributed by atoms with Gasteiger partial charge in [-0.25, -0.2) is 9.97 Å². The molecule has 2 N–H and O–H groups in total. The number of carbonyl (C=O) groups is 1. The molecular weight excluding hydrogens is 535 g/mol. The van der Waals surface area contributed by atoms with Gasteiger partial charge in [-0.2, -0.15) is 22.0 Å². The number of nitrogens with one attached hydrogen (secondary N) is 1. The van der Waals surface area contributed by atoms with Gasteiger partial charge >= 0.3 is 12.8 Å². The number of hydrogen-bond donors (Lipinski definition) is 2. The highest BCUT2D eigenvalue weighted by Crippen LogP contribution is 2.41. The molecule has 2 aromatic heterocycles. The molecule has 1 amide bonds. The Morgan fingerprint density at radius 3 is 2.58 bits per heavy atom. The summed E-state index contributed by atoms with van der Waals surface area (Å²) in [4.78, 5) is 21.3. The topological polar surface area (TPSA) is 89.3 Å². The number of nitrogens with zero attached hydrogens (tertiary/aromatic N) is 3. The van der Waals surface area contributed by atoms with Gasteiger partial charge in [-0.15, -0.1) is 0 Å². The first-order chi connectivity index (χ1) is 17.6. The van der Waals surface area contributed by atoms with E-state index in [9.17, 15) is 31.9 Å². The lowest BCUT2D eigenvalue weighted by Gasteiger charge is -2.31. The van der Waals surface area contributed by atoms with Crippen LogP contribution >= 0.6 is 11.6 Å². The van der Waals surface area contributed by atoms with Gasteiger partial charge in [0.2, 0.25) is 0 Å². The molecule has 38 heavy (non-hydrogen) atoms. The number of carbonyl (C=O) groups excluding carboxylic acids is 1. The first-order valence-electron chi connectivity index (χ1n) is 12.4. The monoisotopic (exact) mass is 566 g/mol. The lowest BCUT2D eigenvalue weighted by molar-refractivity contribution is -0.211. The van der Waals surface area contributed by atoms with Crippen molar-refractivity contribution in [2.75, 3.05) is 6.54 Å². The Morgan fingerprint density at radius 1 is 1.32 bits per heavy atom. The Kier molecular flexibility index (Phi) is 9.28. The molecule has 13 heteroatoms. The Morgan fingerprint density at radius 2 is 2.00 bits per heavy atom. The molecule has 3 rings (SSSR count). The molecule has 0 aliphatic heterocycles. The van der Waals surface area contributed by atoms with Gasteiger partial charge in [-0.3, -0.25) is 9.36 Å². The highest BCUT2D eigenvalue weighted by atomic mass is 35.5. The van der Waals surface area contributed by atoms with Crippen LogP contribution in [0.5, 0.6) is 5.75 Å². The molecule has 1 aliphatic rings. The summed E-state index contributed by atoms with van der Waals surface area (Å²) in [5.41, 5.74) is -2.29. The van der Waals surface area contributed by atoms with Crippen molar-refractivity contribution >= 4 is 17.5 Å². The van der Waals surface area contributed by atoms with Crippen LogP contribution in [-0.2, 0) is 12.8 Å². The molecule has 212 valence electrons. The van der Waals surface area contributed by atoms with Gasteiger partial charge in [0.05, 0.1) is 11.5 Å². The van der Waals surface area contributed by atoms with Gasteiger partial charge < -0.3 is 15.2 Å². The summed E-state index contributed by atoms with van der Waals surface area (Å²) >= 11 is 6.48. The zero-order valence-electron chi connectivity index (χ0n) is 21.6. The third-order valence-corrected chi connectivity index (χ3v) is 7.24. The van der Waals surface area contributed by atoms with E-state index in [1.165, 1.54) is 4.57 Å². The van der Waals surface area contributed by atoms with Gasteiger partial charge in [-0.05, 0) is 36.8 Å². The molecule has 1 aliphatic carbocycles. The fourth-order valence-electron chi connectivity index (χ4n) is 4.54. The zero-order chi connectivity index (χ0) is 28.4. The summed E-state index contributed by atoms with van der Waals surface area (Å²) in [6.45, 7) is 2.66. The summed E-state index contributed by atoms with van der Waals surface area (Å²) in [5.74, 6) is -0.865. The van der Waals surface area contributed by atoms with Crippen molar-refractivity contribution in [1.82, 2.24) is 19.9 Å². The van der Waals surface area contributed by atoms with Crippen LogP contribution in [0.3, 0.4) is 0 Å². The maximum absolute atomic E-state index is 13.4. The number of amides is 1. The molecule has 1 saturated carbocycles. The average molecular weight is 567 g/mol. The van der Waals surface area contributed by atoms with Crippen molar-refractivity contribution in [3.63, 3.8) is 0 Å². The lowest BCUT2D eigenvalue weighted by atomic mass is 9.81. The highest BCUT2D eigenvalue weighted by molar-refractivity contribution is 6.32. The summed E-state index contributed by atoms with van der Waals surface area (Å²) in [5, 5.41) is 12.8. The molecule has 0 radical (unpaired) electrons. The largest absolute Gasteiger partial charge is 0.431 e. The molecule has 0 aromatic carbocycles. The Labute approximate surface area is 222 Å². The molecule has 3 atom stereocenters. The van der Waals surface area contributed by atoms with E-state index < -0.39 is 42.4 Å². The van der Waals surface area contributed by atoms with Crippen molar-refractivity contribution in [3.05, 3.63) is 34.5 Å². The molecular formula is C25H32ClF5N4O3. The number of halogens is 6. The molecule has 1 fully saturated rings. The van der Waals surface area contributed by atoms with E-state index in [1.54, 1.807) is 6.92 Å². The Balaban J connectivity index is 1.92. The number of rotatable bonds is 9. The number of imidazole rings is 1. The van der Waals surface area contributed by atoms with Gasteiger partial charge in [0.25, 0.3) is 5.91 Å². The predicted molar refractivity (Wildman–Crippen MR) is 131 cm³/mol. The molecule has 0 saturated heterocycles. The molecule has 2 heterocycles. The third-order valence-electron chi connectivity index (χ3n) is 6.90. The second kappa shape index (κ2) is 11.7. The standard InChI is InChI=1S/C25H32ClF5N4O3/c1-5-18-34-19(22(37)33-12-15-7-6-13(2)8-16(15)36)20(26)35(18)21-17(38-23(27)28)9-14(11-32-21)10-24(3,4)25(29,30)31/h9,11,13,15-16,23,36H,5-8,10,12H2,1-4H3,(H,33,37)/t13-,15+,16-/m1/s1. The summed E-state index contributed by atoms with van der Waals surface area (Å²) in [6.07, 6.45) is -1.93. The van der Waals surface area contributed by atoms with E-state index in [1.807, 2.05) is 0 Å². The Bertz CT molecular complexity index is 1140. The van der Waals surface area contributed by atoms with Crippen molar-refractivity contribution in [2.24, 2.45) is 17.3 Å². The maximum atomic E-state index is 13.4. The number of ether oxygens (including phenoxy) is 1. The number of aryl methyl sites for hydroxylation is 1. The first-order valence-corrected chi connectivity index (χ1v) is 12.8. The van der Waals surface area contributed by atoms with Gasteiger partial charge in [-0.1, -0.05) is 45.7 Å². The van der Waals surface area contributed by atoms with Crippen LogP contribution in [-0.4, -0.2) is 51.0 Å². The fraction of sp³-hybridized carbons (Fsp3) is 0.640. The molecule has 2 aromatic rings. The van der Waals surface area contributed by atoms with Gasteiger partial charge in [0, 0.05) is 25.1 Å². The second-order valence-corrected chi connectivity index (χ2v) is 10.8. The molecule has 0 unspecified atom stereocenters. The highest BCUT2D eigenvalue weighted by Gasteiger charge is 2.47. The van der Waals surface area contributed by atoms with E-state index >= 15 is 0 Å². The molecule has 0 spiro atoms. The molecule has 0 bridgehead atoms. The number of aliphatic hydroxyl groups is 1. The quantitative estimate of drug-likeness (QED) is 0.378. The van der Waals surface area contributed by atoms with E-state index in [4.69, 9.17) is 11.6 Å². The number of pyridine rings is 1. The van der Waals surface area contributed by atoms with Crippen LogP contribution in [0.25, 0.3) is 5.82 Å². The smallest absolute Gasteiger partial charge is 0.394 e. The summed E-state index contributed by atoms with van der Waals surface area (Å²) in [6, 6.07) is 1.06. The Hall–Kier alpha value is -2.47. The number of alkyl halides is 5. The van der Waals surface area contributed by atoms with Gasteiger partial charge in [0.15, 0.2) is 17.3 Å². The lowest BCUT2D eigenvalue weighted by Crippen LogP contribution is -2.38. The van der Waals surface area contributed by atoms with Crippen LogP contribution in [0.2, 0.25) is 5.15 Å². The van der Waals surface area contributed by atoms with E-state index in [0.717, 1.165) is 39.0 Å². The van der Waals surface area contributed by atoms with Crippen molar-refractivity contribution in [3.8, 4) is 11.6 Å². The van der Waals surface area contributed by atoms with Gasteiger partial charge in [0.1, 0.15) is 11.0 Å². The van der Waals surface area contributed by atoms with E-state index in [2.05, 4.69) is 26.9 Å². The van der Waals surface area contributed by atoms with Crippen molar-refractivity contribution < 1.29 is 36.6 Å². The van der Waals surface area contributed by atoms with Crippen LogP contribution in [0.4, 0.5) is 22.0 Å². The number of aliphatic hydroxyl groups excluding tert-OH is 1. The van der Waals surface area contributed by atoms with Crippen LogP contribution < -0.4 is 10.1 Å². The van der Waals surface area contributed by atoms with Crippen LogP contribution in [0, 0.1) is 17.3 Å². The first kappa shape index (κ1) is 30.1. The van der Waals surface area contributed by atoms with Crippen LogP contribution in [0.1, 0.15) is 68.8 Å². The molecule has 7 nitrogen and oxygen atoms in total. The number of aromatic nitrogens is 3. The predicted octanol–water partition coefficient (Wildman–Crippen LogP) is 5.74. The second-order valence-electron chi connectivity index (χ2n) is 10.4. The summed E-state index contributed by atoms with van der Waals surface area (Å²) < 4.78 is 72.4. The minimum absolute atomic E-state index is 0.0272. The summed E-state index contributed by atoms with van der Waals surface area (Å²) in [7, 11) is 0. The van der Waals surface area contributed by atoms with Crippen molar-refractivity contribution in [1.29, 1.82) is 0 Å².